The number of benzene rings is 1. The van der Waals surface area contributed by atoms with E-state index in [0.29, 0.717) is 18.0 Å². The van der Waals surface area contributed by atoms with Crippen LogP contribution in [-0.4, -0.2) is 19.3 Å². The van der Waals surface area contributed by atoms with Crippen LogP contribution in [0.3, 0.4) is 0 Å². The molecule has 6 heteroatoms. The number of aromatic hydroxyl groups is 1. The van der Waals surface area contributed by atoms with E-state index >= 15 is 0 Å². The third-order valence-electron chi connectivity index (χ3n) is 2.80. The van der Waals surface area contributed by atoms with Gasteiger partial charge in [0.1, 0.15) is 0 Å². The van der Waals surface area contributed by atoms with E-state index < -0.39 is 0 Å². The molecule has 0 unspecified atom stereocenters. The second-order valence-electron chi connectivity index (χ2n) is 4.16. The topological polar surface area (TPSA) is 50.7 Å². The number of phenolic OH excluding ortho intramolecular Hbond substituents is 1. The summed E-state index contributed by atoms with van der Waals surface area (Å²) in [5, 5.41) is 13.1. The predicted octanol–water partition coefficient (Wildman–Crippen LogP) is 3.41. The fourth-order valence-electron chi connectivity index (χ4n) is 1.83. The van der Waals surface area contributed by atoms with Crippen LogP contribution in [0.15, 0.2) is 24.3 Å². The Labute approximate surface area is 126 Å². The number of nitrogens with one attached hydrogen (secondary N) is 1. The van der Waals surface area contributed by atoms with Crippen molar-refractivity contribution < 1.29 is 14.6 Å². The second-order valence-corrected chi connectivity index (χ2v) is 5.96. The number of thiophene rings is 1. The number of ether oxygens (including phenoxy) is 2. The van der Waals surface area contributed by atoms with Crippen LogP contribution in [0.2, 0.25) is 4.34 Å². The van der Waals surface area contributed by atoms with Crippen LogP contribution in [0.1, 0.15) is 10.4 Å². The fraction of sp³-hybridized carbons (Fsp3) is 0.286. The third-order valence-corrected chi connectivity index (χ3v) is 4.03. The van der Waals surface area contributed by atoms with E-state index in [1.165, 1.54) is 19.1 Å². The molecule has 0 amide bonds. The highest BCUT2D eigenvalue weighted by Gasteiger charge is 2.11. The van der Waals surface area contributed by atoms with Crippen molar-refractivity contribution in [2.45, 2.75) is 13.1 Å². The van der Waals surface area contributed by atoms with Gasteiger partial charge in [-0.2, -0.15) is 0 Å². The molecule has 2 rings (SSSR count). The van der Waals surface area contributed by atoms with Crippen molar-refractivity contribution in [2.75, 3.05) is 14.2 Å². The molecule has 0 aliphatic heterocycles. The zero-order valence-electron chi connectivity index (χ0n) is 11.3. The monoisotopic (exact) mass is 313 g/mol. The fourth-order valence-corrected chi connectivity index (χ4v) is 2.88. The molecule has 1 aromatic carbocycles. The summed E-state index contributed by atoms with van der Waals surface area (Å²) in [6.07, 6.45) is 0. The summed E-state index contributed by atoms with van der Waals surface area (Å²) in [4.78, 5) is 1.17. The molecule has 0 saturated heterocycles. The molecule has 0 spiro atoms. The number of rotatable bonds is 6. The molecule has 0 atom stereocenters. The lowest BCUT2D eigenvalue weighted by Crippen LogP contribution is -2.11. The summed E-state index contributed by atoms with van der Waals surface area (Å²) in [6.45, 7) is 1.38. The van der Waals surface area contributed by atoms with Gasteiger partial charge in [0.15, 0.2) is 11.5 Å². The van der Waals surface area contributed by atoms with Crippen LogP contribution < -0.4 is 14.8 Å². The normalized spacial score (nSPS) is 10.6. The molecule has 20 heavy (non-hydrogen) atoms. The van der Waals surface area contributed by atoms with Gasteiger partial charge in [-0.25, -0.2) is 0 Å². The van der Waals surface area contributed by atoms with Crippen molar-refractivity contribution in [2.24, 2.45) is 0 Å². The quantitative estimate of drug-likeness (QED) is 0.858. The highest BCUT2D eigenvalue weighted by atomic mass is 35.5. The first-order valence-electron chi connectivity index (χ1n) is 6.03. The van der Waals surface area contributed by atoms with Crippen LogP contribution in [0.4, 0.5) is 0 Å². The number of methoxy groups -OCH3 is 2. The van der Waals surface area contributed by atoms with E-state index in [1.807, 2.05) is 12.1 Å². The minimum Gasteiger partial charge on any atom is -0.502 e. The molecule has 0 fully saturated rings. The van der Waals surface area contributed by atoms with Crippen LogP contribution in [0, 0.1) is 0 Å². The molecule has 0 aliphatic carbocycles. The standard InChI is InChI=1S/C14H16ClNO3S/c1-18-11-5-9(6-12(19-2)14(11)17)7-16-8-10-3-4-13(15)20-10/h3-6,16-17H,7-8H2,1-2H3. The molecule has 2 aromatic rings. The van der Waals surface area contributed by atoms with Gasteiger partial charge in [0, 0.05) is 18.0 Å². The number of hydrogen-bond acceptors (Lipinski definition) is 5. The smallest absolute Gasteiger partial charge is 0.200 e. The molecule has 4 nitrogen and oxygen atoms in total. The van der Waals surface area contributed by atoms with Crippen LogP contribution in [0.25, 0.3) is 0 Å². The van der Waals surface area contributed by atoms with E-state index in [2.05, 4.69) is 5.32 Å². The van der Waals surface area contributed by atoms with Gasteiger partial charge in [-0.15, -0.1) is 11.3 Å². The number of phenols is 1. The van der Waals surface area contributed by atoms with Gasteiger partial charge in [0.05, 0.1) is 18.6 Å². The summed E-state index contributed by atoms with van der Waals surface area (Å²) < 4.78 is 11.0. The Morgan fingerprint density at radius 2 is 1.80 bits per heavy atom. The van der Waals surface area contributed by atoms with E-state index in [0.717, 1.165) is 16.4 Å². The van der Waals surface area contributed by atoms with Crippen molar-refractivity contribution in [3.05, 3.63) is 39.0 Å². The first kappa shape index (κ1) is 15.0. The van der Waals surface area contributed by atoms with Gasteiger partial charge < -0.3 is 19.9 Å². The van der Waals surface area contributed by atoms with Crippen molar-refractivity contribution in [1.29, 1.82) is 0 Å². The minimum atomic E-state index is 0.0174. The third kappa shape index (κ3) is 3.56. The zero-order chi connectivity index (χ0) is 14.5. The summed E-state index contributed by atoms with van der Waals surface area (Å²) >= 11 is 7.44. The van der Waals surface area contributed by atoms with E-state index in [-0.39, 0.29) is 5.75 Å². The molecule has 2 N–H and O–H groups in total. The maximum Gasteiger partial charge on any atom is 0.200 e. The van der Waals surface area contributed by atoms with Crippen molar-refractivity contribution in [3.8, 4) is 17.2 Å². The minimum absolute atomic E-state index is 0.0174. The van der Waals surface area contributed by atoms with Crippen LogP contribution >= 0.6 is 22.9 Å². The lowest BCUT2D eigenvalue weighted by atomic mass is 10.2. The molecule has 0 bridgehead atoms. The summed E-state index contributed by atoms with van der Waals surface area (Å²) in [6, 6.07) is 7.45. The highest BCUT2D eigenvalue weighted by molar-refractivity contribution is 7.16. The Morgan fingerprint density at radius 1 is 1.15 bits per heavy atom. The summed E-state index contributed by atoms with van der Waals surface area (Å²) in [5.74, 6) is 0.824. The van der Waals surface area contributed by atoms with Crippen molar-refractivity contribution >= 4 is 22.9 Å². The Morgan fingerprint density at radius 3 is 2.30 bits per heavy atom. The molecular weight excluding hydrogens is 298 g/mol. The second kappa shape index (κ2) is 6.83. The lowest BCUT2D eigenvalue weighted by molar-refractivity contribution is 0.339. The maximum atomic E-state index is 9.84. The summed E-state index contributed by atoms with van der Waals surface area (Å²) in [7, 11) is 3.03. The maximum absolute atomic E-state index is 9.84. The molecule has 0 saturated carbocycles. The van der Waals surface area contributed by atoms with Gasteiger partial charge in [-0.3, -0.25) is 0 Å². The number of hydrogen-bond donors (Lipinski definition) is 2. The van der Waals surface area contributed by atoms with E-state index in [9.17, 15) is 5.11 Å². The van der Waals surface area contributed by atoms with Gasteiger partial charge >= 0.3 is 0 Å². The first-order chi connectivity index (χ1) is 9.63. The highest BCUT2D eigenvalue weighted by Crippen LogP contribution is 2.37. The van der Waals surface area contributed by atoms with Gasteiger partial charge in [-0.1, -0.05) is 11.6 Å². The number of halogens is 1. The van der Waals surface area contributed by atoms with Gasteiger partial charge in [0.25, 0.3) is 0 Å². The molecule has 0 aliphatic rings. The molecule has 0 radical (unpaired) electrons. The Bertz CT molecular complexity index is 561. The molecule has 1 aromatic heterocycles. The van der Waals surface area contributed by atoms with E-state index in [4.69, 9.17) is 21.1 Å². The van der Waals surface area contributed by atoms with E-state index in [1.54, 1.807) is 23.5 Å². The first-order valence-corrected chi connectivity index (χ1v) is 7.22. The zero-order valence-corrected chi connectivity index (χ0v) is 12.8. The van der Waals surface area contributed by atoms with Crippen molar-refractivity contribution in [1.82, 2.24) is 5.32 Å². The van der Waals surface area contributed by atoms with Gasteiger partial charge in [0.2, 0.25) is 5.75 Å². The Hall–Kier alpha value is -1.43. The Balaban J connectivity index is 2.02. The van der Waals surface area contributed by atoms with Crippen LogP contribution in [-0.2, 0) is 13.1 Å². The molecule has 108 valence electrons. The molecular formula is C14H16ClNO3S. The summed E-state index contributed by atoms with van der Waals surface area (Å²) in [5.41, 5.74) is 0.971. The lowest BCUT2D eigenvalue weighted by Gasteiger charge is -2.11. The Kier molecular flexibility index (Phi) is 5.11. The van der Waals surface area contributed by atoms with Crippen molar-refractivity contribution in [3.63, 3.8) is 0 Å². The average Bonchev–Trinajstić information content (AvgIpc) is 2.86. The predicted molar refractivity (Wildman–Crippen MR) is 81.1 cm³/mol. The average molecular weight is 314 g/mol. The molecule has 1 heterocycles. The SMILES string of the molecule is COc1cc(CNCc2ccc(Cl)s2)cc(OC)c1O. The van der Waals surface area contributed by atoms with Crippen LogP contribution in [0.5, 0.6) is 17.2 Å². The van der Waals surface area contributed by atoms with Gasteiger partial charge in [-0.05, 0) is 29.8 Å². The largest absolute Gasteiger partial charge is 0.502 e.